The van der Waals surface area contributed by atoms with Crippen LogP contribution >= 0.6 is 11.6 Å². The largest absolute Gasteiger partial charge is 0.329 e. The average molecular weight is 170 g/mol. The maximum atomic E-state index is 10.7. The van der Waals surface area contributed by atoms with Crippen molar-refractivity contribution in [2.75, 3.05) is 5.88 Å². The van der Waals surface area contributed by atoms with Crippen molar-refractivity contribution in [3.63, 3.8) is 0 Å². The van der Waals surface area contributed by atoms with Crippen molar-refractivity contribution in [1.29, 1.82) is 0 Å². The second kappa shape index (κ2) is 3.98. The third-order valence-corrected chi connectivity index (χ3v) is 1.38. The molecule has 58 valence electrons. The van der Waals surface area contributed by atoms with Crippen LogP contribution in [0.3, 0.4) is 0 Å². The molecular weight excluding hydrogens is 162 g/mol. The minimum absolute atomic E-state index is 0.0956. The number of alkyl halides is 1. The van der Waals surface area contributed by atoms with Crippen molar-refractivity contribution in [1.82, 2.24) is 4.98 Å². The molecule has 0 saturated heterocycles. The predicted molar refractivity (Wildman–Crippen MR) is 46.8 cm³/mol. The van der Waals surface area contributed by atoms with Crippen LogP contribution in [0.1, 0.15) is 5.56 Å². The lowest BCUT2D eigenvalue weighted by Crippen LogP contribution is -2.01. The molecule has 0 spiro atoms. The van der Waals surface area contributed by atoms with Gasteiger partial charge in [0.15, 0.2) is 0 Å². The molecule has 0 aromatic carbocycles. The molecule has 0 aliphatic carbocycles. The maximum absolute atomic E-state index is 10.7. The van der Waals surface area contributed by atoms with E-state index in [9.17, 15) is 4.79 Å². The van der Waals surface area contributed by atoms with E-state index in [2.05, 4.69) is 4.98 Å². The number of hydrogen-bond acceptors (Lipinski definition) is 1. The number of aromatic amines is 1. The van der Waals surface area contributed by atoms with Crippen LogP contribution in [0.5, 0.6) is 0 Å². The second-order valence-corrected chi connectivity index (χ2v) is 2.35. The van der Waals surface area contributed by atoms with Crippen LogP contribution < -0.4 is 5.56 Å². The summed E-state index contributed by atoms with van der Waals surface area (Å²) < 4.78 is 0. The van der Waals surface area contributed by atoms with E-state index in [1.54, 1.807) is 12.3 Å². The molecule has 0 saturated carbocycles. The molecular formula is C8H8ClNO. The molecule has 1 aromatic rings. The zero-order valence-corrected chi connectivity index (χ0v) is 6.64. The number of halogens is 1. The normalized spacial score (nSPS) is 10.6. The van der Waals surface area contributed by atoms with Crippen LogP contribution in [0.4, 0.5) is 0 Å². The van der Waals surface area contributed by atoms with Gasteiger partial charge in [-0.3, -0.25) is 4.79 Å². The molecule has 1 N–H and O–H groups in total. The Morgan fingerprint density at radius 3 is 3.09 bits per heavy atom. The van der Waals surface area contributed by atoms with Crippen molar-refractivity contribution < 1.29 is 0 Å². The van der Waals surface area contributed by atoms with Crippen molar-refractivity contribution in [3.05, 3.63) is 40.3 Å². The molecule has 0 aliphatic heterocycles. The van der Waals surface area contributed by atoms with Crippen molar-refractivity contribution in [2.24, 2.45) is 0 Å². The fourth-order valence-corrected chi connectivity index (χ4v) is 0.835. The molecule has 1 rings (SSSR count). The number of rotatable bonds is 2. The molecule has 0 radical (unpaired) electrons. The van der Waals surface area contributed by atoms with E-state index in [0.717, 1.165) is 5.56 Å². The topological polar surface area (TPSA) is 32.9 Å². The van der Waals surface area contributed by atoms with Crippen molar-refractivity contribution >= 4 is 17.7 Å². The summed E-state index contributed by atoms with van der Waals surface area (Å²) in [5.74, 6) is 0.465. The highest BCUT2D eigenvalue weighted by atomic mass is 35.5. The highest BCUT2D eigenvalue weighted by Gasteiger charge is 1.85. The third-order valence-electron chi connectivity index (χ3n) is 1.20. The van der Waals surface area contributed by atoms with E-state index in [4.69, 9.17) is 11.6 Å². The Balaban J connectivity index is 2.88. The smallest absolute Gasteiger partial charge is 0.248 e. The molecule has 0 amide bonds. The predicted octanol–water partition coefficient (Wildman–Crippen LogP) is 1.63. The van der Waals surface area contributed by atoms with E-state index in [1.807, 2.05) is 12.1 Å². The number of allylic oxidation sites excluding steroid dienone is 1. The molecule has 1 heterocycles. The van der Waals surface area contributed by atoms with Gasteiger partial charge in [-0.1, -0.05) is 12.2 Å². The Kier molecular flexibility index (Phi) is 2.93. The zero-order chi connectivity index (χ0) is 8.10. The van der Waals surface area contributed by atoms with Gasteiger partial charge in [0.1, 0.15) is 0 Å². The zero-order valence-electron chi connectivity index (χ0n) is 5.88. The van der Waals surface area contributed by atoms with Crippen LogP contribution in [-0.2, 0) is 0 Å². The fraction of sp³-hybridized carbons (Fsp3) is 0.125. The van der Waals surface area contributed by atoms with Crippen LogP contribution in [0.25, 0.3) is 6.08 Å². The van der Waals surface area contributed by atoms with Crippen molar-refractivity contribution in [2.45, 2.75) is 0 Å². The van der Waals surface area contributed by atoms with Gasteiger partial charge in [0.2, 0.25) is 5.56 Å². The van der Waals surface area contributed by atoms with Gasteiger partial charge in [0.05, 0.1) is 0 Å². The minimum Gasteiger partial charge on any atom is -0.329 e. The molecule has 0 fully saturated rings. The summed E-state index contributed by atoms with van der Waals surface area (Å²) in [4.78, 5) is 13.3. The van der Waals surface area contributed by atoms with Gasteiger partial charge < -0.3 is 4.98 Å². The molecule has 0 bridgehead atoms. The van der Waals surface area contributed by atoms with E-state index in [0.29, 0.717) is 5.88 Å². The summed E-state index contributed by atoms with van der Waals surface area (Å²) >= 11 is 5.42. The van der Waals surface area contributed by atoms with Gasteiger partial charge in [0.25, 0.3) is 0 Å². The quantitative estimate of drug-likeness (QED) is 0.671. The summed E-state index contributed by atoms with van der Waals surface area (Å²) in [5, 5.41) is 0. The van der Waals surface area contributed by atoms with Crippen molar-refractivity contribution in [3.8, 4) is 0 Å². The van der Waals surface area contributed by atoms with E-state index in [1.165, 1.54) is 6.07 Å². The monoisotopic (exact) mass is 169 g/mol. The summed E-state index contributed by atoms with van der Waals surface area (Å²) in [6.45, 7) is 0. The number of aromatic nitrogens is 1. The molecule has 0 aliphatic rings. The van der Waals surface area contributed by atoms with Crippen LogP contribution in [-0.4, -0.2) is 10.9 Å². The molecule has 11 heavy (non-hydrogen) atoms. The van der Waals surface area contributed by atoms with Gasteiger partial charge in [-0.15, -0.1) is 11.6 Å². The Morgan fingerprint density at radius 2 is 2.45 bits per heavy atom. The molecule has 0 unspecified atom stereocenters. The SMILES string of the molecule is O=c1cc(C=CCCl)cc[nH]1. The van der Waals surface area contributed by atoms with E-state index < -0.39 is 0 Å². The average Bonchev–Trinajstić information content (AvgIpc) is 2.01. The number of H-pyrrole nitrogens is 1. The first-order valence-corrected chi connectivity index (χ1v) is 3.77. The lowest BCUT2D eigenvalue weighted by Gasteiger charge is -1.88. The summed E-state index contributed by atoms with van der Waals surface area (Å²) in [6.07, 6.45) is 5.20. The number of pyridine rings is 1. The van der Waals surface area contributed by atoms with Crippen LogP contribution in [0, 0.1) is 0 Å². The molecule has 1 aromatic heterocycles. The number of hydrogen-bond donors (Lipinski definition) is 1. The molecule has 2 nitrogen and oxygen atoms in total. The van der Waals surface area contributed by atoms with Gasteiger partial charge in [-0.05, 0) is 11.6 Å². The highest BCUT2D eigenvalue weighted by Crippen LogP contribution is 1.96. The Morgan fingerprint density at radius 1 is 1.64 bits per heavy atom. The van der Waals surface area contributed by atoms with Gasteiger partial charge in [-0.2, -0.15) is 0 Å². The van der Waals surface area contributed by atoms with Gasteiger partial charge in [-0.25, -0.2) is 0 Å². The van der Waals surface area contributed by atoms with Crippen LogP contribution in [0.2, 0.25) is 0 Å². The van der Waals surface area contributed by atoms with Gasteiger partial charge in [0, 0.05) is 18.1 Å². The van der Waals surface area contributed by atoms with E-state index in [-0.39, 0.29) is 5.56 Å². The van der Waals surface area contributed by atoms with Gasteiger partial charge >= 0.3 is 0 Å². The fourth-order valence-electron chi connectivity index (χ4n) is 0.745. The first-order chi connectivity index (χ1) is 5.33. The molecule has 0 atom stereocenters. The first kappa shape index (κ1) is 8.08. The summed E-state index contributed by atoms with van der Waals surface area (Å²) in [7, 11) is 0. The number of nitrogens with one attached hydrogen (secondary N) is 1. The Labute approximate surface area is 69.5 Å². The maximum Gasteiger partial charge on any atom is 0.248 e. The minimum atomic E-state index is -0.0956. The summed E-state index contributed by atoms with van der Waals surface area (Å²) in [6, 6.07) is 3.33. The molecule has 3 heteroatoms. The highest BCUT2D eigenvalue weighted by molar-refractivity contribution is 6.19. The van der Waals surface area contributed by atoms with E-state index >= 15 is 0 Å². The third kappa shape index (κ3) is 2.60. The standard InChI is InChI=1S/C8H8ClNO/c9-4-1-2-7-3-5-10-8(11)6-7/h1-3,5-6H,4H2,(H,10,11). The summed E-state index contributed by atoms with van der Waals surface area (Å²) in [5.41, 5.74) is 0.774. The second-order valence-electron chi connectivity index (χ2n) is 2.04. The lowest BCUT2D eigenvalue weighted by atomic mass is 10.2. The Hall–Kier alpha value is -1.02. The lowest BCUT2D eigenvalue weighted by molar-refractivity contribution is 1.23. The Bertz CT molecular complexity index is 303. The first-order valence-electron chi connectivity index (χ1n) is 3.24. The van der Waals surface area contributed by atoms with Crippen LogP contribution in [0.15, 0.2) is 29.2 Å².